The molecule has 3 heterocycles. The number of fused-ring (bicyclic) bond motifs is 1. The molecule has 2 aromatic rings. The van der Waals surface area contributed by atoms with Gasteiger partial charge in [-0.3, -0.25) is 5.01 Å². The molecule has 118 valence electrons. The Hall–Kier alpha value is -2.38. The third-order valence-corrected chi connectivity index (χ3v) is 3.39. The van der Waals surface area contributed by atoms with Crippen molar-refractivity contribution in [3.8, 4) is 0 Å². The van der Waals surface area contributed by atoms with Crippen LogP contribution in [-0.2, 0) is 4.74 Å². The van der Waals surface area contributed by atoms with Crippen LogP contribution in [0, 0.1) is 0 Å². The first kappa shape index (κ1) is 14.6. The summed E-state index contributed by atoms with van der Waals surface area (Å²) >= 11 is 0. The Morgan fingerprint density at radius 1 is 1.18 bits per heavy atom. The summed E-state index contributed by atoms with van der Waals surface area (Å²) in [6.07, 6.45) is 4.73. The monoisotopic (exact) mass is 304 g/mol. The van der Waals surface area contributed by atoms with Crippen LogP contribution in [-0.4, -0.2) is 62.6 Å². The number of hydrogen-bond donors (Lipinski definition) is 0. The average Bonchev–Trinajstić information content (AvgIpc) is 2.89. The molecular formula is C14H20N6O2. The van der Waals surface area contributed by atoms with Crippen LogP contribution in [0.1, 0.15) is 20.8 Å². The van der Waals surface area contributed by atoms with E-state index in [9.17, 15) is 4.79 Å². The van der Waals surface area contributed by atoms with Gasteiger partial charge in [-0.2, -0.15) is 9.89 Å². The maximum absolute atomic E-state index is 12.1. The zero-order chi connectivity index (χ0) is 15.7. The van der Waals surface area contributed by atoms with Gasteiger partial charge in [0.2, 0.25) is 0 Å². The predicted molar refractivity (Wildman–Crippen MR) is 81.1 cm³/mol. The van der Waals surface area contributed by atoms with E-state index in [0.29, 0.717) is 26.2 Å². The fraction of sp³-hybridized carbons (Fsp3) is 0.571. The van der Waals surface area contributed by atoms with Gasteiger partial charge in [0.05, 0.1) is 24.7 Å². The molecule has 8 heteroatoms. The van der Waals surface area contributed by atoms with Crippen molar-refractivity contribution in [1.29, 1.82) is 0 Å². The number of hydrogen-bond acceptors (Lipinski definition) is 6. The lowest BCUT2D eigenvalue weighted by atomic mass is 10.2. The first-order valence-electron chi connectivity index (χ1n) is 7.31. The van der Waals surface area contributed by atoms with Gasteiger partial charge in [-0.15, -0.1) is 0 Å². The molecule has 0 N–H and O–H groups in total. The van der Waals surface area contributed by atoms with Crippen LogP contribution < -0.4 is 5.01 Å². The van der Waals surface area contributed by atoms with E-state index in [1.807, 2.05) is 20.8 Å². The molecule has 1 saturated heterocycles. The second-order valence-corrected chi connectivity index (χ2v) is 6.26. The third kappa shape index (κ3) is 2.95. The molecule has 8 nitrogen and oxygen atoms in total. The van der Waals surface area contributed by atoms with Crippen molar-refractivity contribution < 1.29 is 9.53 Å². The van der Waals surface area contributed by atoms with E-state index < -0.39 is 5.60 Å². The first-order valence-corrected chi connectivity index (χ1v) is 7.31. The molecule has 0 atom stereocenters. The van der Waals surface area contributed by atoms with Crippen molar-refractivity contribution in [2.24, 2.45) is 0 Å². The smallest absolute Gasteiger partial charge is 0.410 e. The Bertz CT molecular complexity index is 669. The molecule has 1 amide bonds. The maximum Gasteiger partial charge on any atom is 0.410 e. The Balaban J connectivity index is 1.66. The highest BCUT2D eigenvalue weighted by Gasteiger charge is 2.26. The minimum Gasteiger partial charge on any atom is -0.444 e. The molecule has 1 fully saturated rings. The summed E-state index contributed by atoms with van der Waals surface area (Å²) in [4.78, 5) is 23.8. The highest BCUT2D eigenvalue weighted by Crippen LogP contribution is 2.13. The molecule has 0 aliphatic carbocycles. The number of ether oxygens (including phenoxy) is 1. The van der Waals surface area contributed by atoms with Crippen molar-refractivity contribution in [2.45, 2.75) is 26.4 Å². The number of rotatable bonds is 1. The lowest BCUT2D eigenvalue weighted by molar-refractivity contribution is 0.0231. The SMILES string of the molecule is CC(C)(C)OC(=O)N1CCN(n2ncc3cncnc32)CC1. The molecule has 3 rings (SSSR count). The van der Waals surface area contributed by atoms with E-state index in [2.05, 4.69) is 20.1 Å². The Morgan fingerprint density at radius 3 is 2.59 bits per heavy atom. The minimum atomic E-state index is -0.469. The minimum absolute atomic E-state index is 0.264. The molecule has 0 spiro atoms. The largest absolute Gasteiger partial charge is 0.444 e. The maximum atomic E-state index is 12.1. The summed E-state index contributed by atoms with van der Waals surface area (Å²) < 4.78 is 5.40. The molecule has 1 aliphatic rings. The van der Waals surface area contributed by atoms with Crippen LogP contribution in [0.15, 0.2) is 18.7 Å². The van der Waals surface area contributed by atoms with E-state index in [0.717, 1.165) is 11.0 Å². The highest BCUT2D eigenvalue weighted by atomic mass is 16.6. The highest BCUT2D eigenvalue weighted by molar-refractivity contribution is 5.73. The standard InChI is InChI=1S/C14H20N6O2/c1-14(2,3)22-13(21)18-4-6-19(7-5-18)20-12-11(9-17-20)8-15-10-16-12/h8-10H,4-7H2,1-3H3. The van der Waals surface area contributed by atoms with Crippen LogP contribution in [0.4, 0.5) is 4.79 Å². The summed E-state index contributed by atoms with van der Waals surface area (Å²) in [6, 6.07) is 0. The number of aromatic nitrogens is 4. The van der Waals surface area contributed by atoms with E-state index in [1.165, 1.54) is 6.33 Å². The molecule has 1 aliphatic heterocycles. The third-order valence-electron chi connectivity index (χ3n) is 3.39. The van der Waals surface area contributed by atoms with Gasteiger partial charge in [-0.25, -0.2) is 14.8 Å². The van der Waals surface area contributed by atoms with Crippen LogP contribution in [0.25, 0.3) is 11.0 Å². The summed E-state index contributed by atoms with van der Waals surface area (Å²) in [5, 5.41) is 7.32. The van der Waals surface area contributed by atoms with Gasteiger partial charge in [0.25, 0.3) is 0 Å². The molecule has 0 radical (unpaired) electrons. The molecule has 0 unspecified atom stereocenters. The van der Waals surface area contributed by atoms with E-state index in [1.54, 1.807) is 22.1 Å². The van der Waals surface area contributed by atoms with Crippen LogP contribution in [0.3, 0.4) is 0 Å². The number of carbonyl (C=O) groups is 1. The van der Waals surface area contributed by atoms with Crippen LogP contribution in [0.5, 0.6) is 0 Å². The Kier molecular flexibility index (Phi) is 3.59. The summed E-state index contributed by atoms with van der Waals surface area (Å²) in [5.41, 5.74) is 0.310. The quantitative estimate of drug-likeness (QED) is 0.783. The molecule has 0 bridgehead atoms. The van der Waals surface area contributed by atoms with Crippen LogP contribution >= 0.6 is 0 Å². The Morgan fingerprint density at radius 2 is 1.91 bits per heavy atom. The van der Waals surface area contributed by atoms with Gasteiger partial charge in [0, 0.05) is 19.3 Å². The van der Waals surface area contributed by atoms with Crippen molar-refractivity contribution in [1.82, 2.24) is 24.8 Å². The molecular weight excluding hydrogens is 284 g/mol. The van der Waals surface area contributed by atoms with E-state index >= 15 is 0 Å². The molecule has 0 aromatic carbocycles. The lowest BCUT2D eigenvalue weighted by Gasteiger charge is -2.36. The molecule has 0 saturated carbocycles. The Labute approximate surface area is 128 Å². The number of piperazine rings is 1. The normalized spacial score (nSPS) is 16.1. The van der Waals surface area contributed by atoms with Gasteiger partial charge in [-0.1, -0.05) is 0 Å². The predicted octanol–water partition coefficient (Wildman–Crippen LogP) is 1.01. The summed E-state index contributed by atoms with van der Waals surface area (Å²) in [6.45, 7) is 8.17. The fourth-order valence-electron chi connectivity index (χ4n) is 2.37. The molecule has 2 aromatic heterocycles. The van der Waals surface area contributed by atoms with Crippen LogP contribution in [0.2, 0.25) is 0 Å². The average molecular weight is 304 g/mol. The van der Waals surface area contributed by atoms with Gasteiger partial charge in [-0.05, 0) is 20.8 Å². The zero-order valence-corrected chi connectivity index (χ0v) is 13.1. The van der Waals surface area contributed by atoms with E-state index in [-0.39, 0.29) is 6.09 Å². The molecule has 22 heavy (non-hydrogen) atoms. The number of nitrogens with zero attached hydrogens (tertiary/aromatic N) is 6. The number of carbonyl (C=O) groups excluding carboxylic acids is 1. The number of amides is 1. The summed E-state index contributed by atoms with van der Waals surface area (Å²) in [5.74, 6) is 0. The van der Waals surface area contributed by atoms with Gasteiger partial charge in [0.1, 0.15) is 11.9 Å². The van der Waals surface area contributed by atoms with Gasteiger partial charge >= 0.3 is 6.09 Å². The van der Waals surface area contributed by atoms with Gasteiger partial charge in [0.15, 0.2) is 5.65 Å². The van der Waals surface area contributed by atoms with Crippen molar-refractivity contribution in [3.63, 3.8) is 0 Å². The lowest BCUT2D eigenvalue weighted by Crippen LogP contribution is -2.53. The van der Waals surface area contributed by atoms with Crippen molar-refractivity contribution >= 4 is 17.1 Å². The zero-order valence-electron chi connectivity index (χ0n) is 13.1. The topological polar surface area (TPSA) is 76.4 Å². The fourth-order valence-corrected chi connectivity index (χ4v) is 2.37. The first-order chi connectivity index (χ1) is 10.4. The second kappa shape index (κ2) is 5.43. The summed E-state index contributed by atoms with van der Waals surface area (Å²) in [7, 11) is 0. The van der Waals surface area contributed by atoms with E-state index in [4.69, 9.17) is 4.74 Å². The second-order valence-electron chi connectivity index (χ2n) is 6.26. The van der Waals surface area contributed by atoms with Gasteiger partial charge < -0.3 is 9.64 Å². The van der Waals surface area contributed by atoms with Crippen molar-refractivity contribution in [3.05, 3.63) is 18.7 Å². The van der Waals surface area contributed by atoms with Crippen molar-refractivity contribution in [2.75, 3.05) is 31.2 Å².